The zero-order chi connectivity index (χ0) is 11.8. The molecule has 1 heterocycles. The highest BCUT2D eigenvalue weighted by atomic mass is 16.5. The number of nitrogens with zero attached hydrogens (tertiary/aromatic N) is 1. The zero-order valence-corrected chi connectivity index (χ0v) is 10.5. The van der Waals surface area contributed by atoms with Crippen molar-refractivity contribution in [2.45, 2.75) is 57.8 Å². The van der Waals surface area contributed by atoms with Crippen LogP contribution in [0.4, 0.5) is 0 Å². The van der Waals surface area contributed by atoms with Crippen LogP contribution >= 0.6 is 0 Å². The monoisotopic (exact) mass is 226 g/mol. The van der Waals surface area contributed by atoms with Gasteiger partial charge in [0, 0.05) is 6.54 Å². The van der Waals surface area contributed by atoms with Crippen LogP contribution in [0.5, 0.6) is 0 Å². The van der Waals surface area contributed by atoms with Gasteiger partial charge in [-0.3, -0.25) is 10.1 Å². The summed E-state index contributed by atoms with van der Waals surface area (Å²) in [4.78, 5) is 14.1. The van der Waals surface area contributed by atoms with Crippen molar-refractivity contribution in [3.63, 3.8) is 0 Å². The van der Waals surface area contributed by atoms with Crippen molar-refractivity contribution in [2.75, 3.05) is 13.2 Å². The van der Waals surface area contributed by atoms with Gasteiger partial charge in [-0.15, -0.1) is 0 Å². The standard InChI is InChI=1S/C12H22N2O2/c1-4-10-13-12(5-6-12)11(15)14(10)7-8-16-9(2)3/h9-10,13H,4-8H2,1-3H3. The lowest BCUT2D eigenvalue weighted by molar-refractivity contribution is -0.131. The third-order valence-electron chi connectivity index (χ3n) is 3.41. The van der Waals surface area contributed by atoms with Gasteiger partial charge >= 0.3 is 0 Å². The first kappa shape index (κ1) is 11.9. The Labute approximate surface area is 97.3 Å². The maximum absolute atomic E-state index is 12.1. The molecule has 1 aliphatic carbocycles. The Morgan fingerprint density at radius 3 is 2.75 bits per heavy atom. The average Bonchev–Trinajstić information content (AvgIpc) is 2.96. The molecule has 0 bridgehead atoms. The molecule has 16 heavy (non-hydrogen) atoms. The fourth-order valence-corrected chi connectivity index (χ4v) is 2.32. The summed E-state index contributed by atoms with van der Waals surface area (Å²) < 4.78 is 5.51. The maximum atomic E-state index is 12.1. The van der Waals surface area contributed by atoms with E-state index in [-0.39, 0.29) is 23.7 Å². The Balaban J connectivity index is 1.89. The van der Waals surface area contributed by atoms with Gasteiger partial charge in [0.25, 0.3) is 0 Å². The van der Waals surface area contributed by atoms with Gasteiger partial charge in [-0.25, -0.2) is 0 Å². The molecule has 0 aromatic carbocycles. The lowest BCUT2D eigenvalue weighted by Gasteiger charge is -2.23. The van der Waals surface area contributed by atoms with Gasteiger partial charge in [0.2, 0.25) is 5.91 Å². The molecule has 2 fully saturated rings. The summed E-state index contributed by atoms with van der Waals surface area (Å²) in [6, 6.07) is 0. The highest BCUT2D eigenvalue weighted by molar-refractivity contribution is 5.91. The Hall–Kier alpha value is -0.610. The topological polar surface area (TPSA) is 41.6 Å². The number of nitrogens with one attached hydrogen (secondary N) is 1. The molecule has 0 aromatic heterocycles. The molecule has 1 spiro atoms. The van der Waals surface area contributed by atoms with Crippen LogP contribution in [0, 0.1) is 0 Å². The van der Waals surface area contributed by atoms with E-state index in [4.69, 9.17) is 4.74 Å². The van der Waals surface area contributed by atoms with E-state index in [0.717, 1.165) is 19.3 Å². The van der Waals surface area contributed by atoms with Crippen molar-refractivity contribution in [2.24, 2.45) is 0 Å². The predicted octanol–water partition coefficient (Wildman–Crippen LogP) is 1.11. The molecule has 4 nitrogen and oxygen atoms in total. The van der Waals surface area contributed by atoms with Crippen molar-refractivity contribution < 1.29 is 9.53 Å². The number of carbonyl (C=O) groups is 1. The summed E-state index contributed by atoms with van der Waals surface area (Å²) in [6.07, 6.45) is 3.43. The van der Waals surface area contributed by atoms with E-state index in [1.165, 1.54) is 0 Å². The van der Waals surface area contributed by atoms with Crippen molar-refractivity contribution >= 4 is 5.91 Å². The molecule has 2 aliphatic rings. The number of hydrogen-bond acceptors (Lipinski definition) is 3. The smallest absolute Gasteiger partial charge is 0.244 e. The molecule has 1 saturated heterocycles. The quantitative estimate of drug-likeness (QED) is 0.763. The van der Waals surface area contributed by atoms with Crippen LogP contribution in [0.25, 0.3) is 0 Å². The first-order chi connectivity index (χ1) is 7.59. The molecule has 2 rings (SSSR count). The highest BCUT2D eigenvalue weighted by Crippen LogP contribution is 2.42. The fourth-order valence-electron chi connectivity index (χ4n) is 2.32. The fraction of sp³-hybridized carbons (Fsp3) is 0.917. The number of rotatable bonds is 5. The van der Waals surface area contributed by atoms with E-state index >= 15 is 0 Å². The van der Waals surface area contributed by atoms with Gasteiger partial charge in [0.1, 0.15) is 0 Å². The minimum atomic E-state index is -0.182. The Morgan fingerprint density at radius 1 is 1.56 bits per heavy atom. The van der Waals surface area contributed by atoms with Crippen molar-refractivity contribution in [1.29, 1.82) is 0 Å². The predicted molar refractivity (Wildman–Crippen MR) is 62.0 cm³/mol. The highest BCUT2D eigenvalue weighted by Gasteiger charge is 2.58. The molecular weight excluding hydrogens is 204 g/mol. The lowest BCUT2D eigenvalue weighted by atomic mass is 10.3. The second kappa shape index (κ2) is 4.34. The molecule has 4 heteroatoms. The van der Waals surface area contributed by atoms with Gasteiger partial charge in [-0.2, -0.15) is 0 Å². The van der Waals surface area contributed by atoms with E-state index < -0.39 is 0 Å². The van der Waals surface area contributed by atoms with Crippen LogP contribution in [0.3, 0.4) is 0 Å². The van der Waals surface area contributed by atoms with Crippen LogP contribution in [-0.4, -0.2) is 41.8 Å². The van der Waals surface area contributed by atoms with E-state index in [0.29, 0.717) is 13.2 Å². The summed E-state index contributed by atoms with van der Waals surface area (Å²) >= 11 is 0. The maximum Gasteiger partial charge on any atom is 0.244 e. The van der Waals surface area contributed by atoms with Crippen molar-refractivity contribution in [1.82, 2.24) is 10.2 Å². The molecular formula is C12H22N2O2. The van der Waals surface area contributed by atoms with E-state index in [1.807, 2.05) is 18.7 Å². The number of carbonyl (C=O) groups excluding carboxylic acids is 1. The largest absolute Gasteiger partial charge is 0.377 e. The van der Waals surface area contributed by atoms with Crippen LogP contribution in [-0.2, 0) is 9.53 Å². The van der Waals surface area contributed by atoms with E-state index in [1.54, 1.807) is 0 Å². The van der Waals surface area contributed by atoms with Crippen LogP contribution in [0.1, 0.15) is 40.0 Å². The van der Waals surface area contributed by atoms with E-state index in [9.17, 15) is 4.79 Å². The third-order valence-corrected chi connectivity index (χ3v) is 3.41. The molecule has 0 aromatic rings. The summed E-state index contributed by atoms with van der Waals surface area (Å²) in [6.45, 7) is 7.50. The van der Waals surface area contributed by atoms with Crippen LogP contribution in [0.15, 0.2) is 0 Å². The van der Waals surface area contributed by atoms with Crippen LogP contribution < -0.4 is 5.32 Å². The van der Waals surface area contributed by atoms with Gasteiger partial charge in [0.05, 0.1) is 24.4 Å². The van der Waals surface area contributed by atoms with Gasteiger partial charge in [0.15, 0.2) is 0 Å². The van der Waals surface area contributed by atoms with Crippen molar-refractivity contribution in [3.05, 3.63) is 0 Å². The van der Waals surface area contributed by atoms with Crippen molar-refractivity contribution in [3.8, 4) is 0 Å². The minimum absolute atomic E-state index is 0.182. The Morgan fingerprint density at radius 2 is 2.25 bits per heavy atom. The first-order valence-corrected chi connectivity index (χ1v) is 6.29. The molecule has 1 saturated carbocycles. The SMILES string of the molecule is CCC1NC2(CC2)C(=O)N1CCOC(C)C. The lowest BCUT2D eigenvalue weighted by Crippen LogP contribution is -2.39. The molecule has 92 valence electrons. The molecule has 1 N–H and O–H groups in total. The number of ether oxygens (including phenoxy) is 1. The normalized spacial score (nSPS) is 27.1. The summed E-state index contributed by atoms with van der Waals surface area (Å²) in [5, 5.41) is 3.45. The summed E-state index contributed by atoms with van der Waals surface area (Å²) in [5.74, 6) is 0.284. The minimum Gasteiger partial charge on any atom is -0.377 e. The molecule has 1 atom stereocenters. The van der Waals surface area contributed by atoms with E-state index in [2.05, 4.69) is 12.2 Å². The van der Waals surface area contributed by atoms with Gasteiger partial charge in [-0.1, -0.05) is 6.92 Å². The van der Waals surface area contributed by atoms with Crippen LogP contribution in [0.2, 0.25) is 0 Å². The third kappa shape index (κ3) is 2.09. The molecule has 0 radical (unpaired) electrons. The second-order valence-electron chi connectivity index (χ2n) is 5.07. The average molecular weight is 226 g/mol. The number of hydrogen-bond donors (Lipinski definition) is 1. The molecule has 1 amide bonds. The molecule has 1 aliphatic heterocycles. The summed E-state index contributed by atoms with van der Waals surface area (Å²) in [5.41, 5.74) is -0.182. The Bertz CT molecular complexity index is 274. The number of amides is 1. The zero-order valence-electron chi connectivity index (χ0n) is 10.5. The Kier molecular flexibility index (Phi) is 3.22. The molecule has 1 unspecified atom stereocenters. The van der Waals surface area contributed by atoms with Gasteiger partial charge < -0.3 is 9.64 Å². The first-order valence-electron chi connectivity index (χ1n) is 6.29. The second-order valence-corrected chi connectivity index (χ2v) is 5.07. The van der Waals surface area contributed by atoms with Gasteiger partial charge in [-0.05, 0) is 33.1 Å². The summed E-state index contributed by atoms with van der Waals surface area (Å²) in [7, 11) is 0.